The van der Waals surface area contributed by atoms with E-state index in [-0.39, 0.29) is 17.6 Å². The highest BCUT2D eigenvalue weighted by molar-refractivity contribution is 5.95. The predicted octanol–water partition coefficient (Wildman–Crippen LogP) is 4.77. The molecule has 0 saturated carbocycles. The number of carbonyl (C=O) groups excluding carboxylic acids is 1. The fraction of sp³-hybridized carbons (Fsp3) is 0.269. The average molecular weight is 416 g/mol. The molecule has 1 saturated heterocycles. The van der Waals surface area contributed by atoms with Gasteiger partial charge in [0.1, 0.15) is 5.75 Å². The van der Waals surface area contributed by atoms with Crippen molar-refractivity contribution in [2.75, 3.05) is 41.3 Å². The largest absolute Gasteiger partial charge is 0.508 e. The lowest BCUT2D eigenvalue weighted by atomic mass is 9.98. The average Bonchev–Trinajstić information content (AvgIpc) is 2.79. The van der Waals surface area contributed by atoms with Crippen molar-refractivity contribution >= 4 is 23.0 Å². The van der Waals surface area contributed by atoms with Gasteiger partial charge in [-0.3, -0.25) is 4.79 Å². The summed E-state index contributed by atoms with van der Waals surface area (Å²) in [7, 11) is 0. The van der Waals surface area contributed by atoms with Gasteiger partial charge in [-0.1, -0.05) is 35.9 Å². The summed E-state index contributed by atoms with van der Waals surface area (Å²) in [6.07, 6.45) is 0. The zero-order valence-electron chi connectivity index (χ0n) is 18.1. The second kappa shape index (κ2) is 9.13. The Balaban J connectivity index is 1.44. The minimum atomic E-state index is -0.375. The Morgan fingerprint density at radius 2 is 1.48 bits per heavy atom. The van der Waals surface area contributed by atoms with Crippen LogP contribution in [0.15, 0.2) is 72.8 Å². The monoisotopic (exact) mass is 415 g/mol. The van der Waals surface area contributed by atoms with E-state index in [9.17, 15) is 9.90 Å². The number of rotatable bonds is 5. The van der Waals surface area contributed by atoms with Crippen LogP contribution in [0, 0.1) is 6.92 Å². The number of anilines is 3. The number of aryl methyl sites for hydroxylation is 1. The lowest BCUT2D eigenvalue weighted by Crippen LogP contribution is -2.46. The second-order valence-electron chi connectivity index (χ2n) is 8.17. The lowest BCUT2D eigenvalue weighted by Gasteiger charge is -2.37. The van der Waals surface area contributed by atoms with E-state index < -0.39 is 0 Å². The molecule has 3 aromatic carbocycles. The highest BCUT2D eigenvalue weighted by Crippen LogP contribution is 2.30. The Labute approximate surface area is 183 Å². The van der Waals surface area contributed by atoms with E-state index in [0.29, 0.717) is 0 Å². The maximum absolute atomic E-state index is 12.7. The van der Waals surface area contributed by atoms with Crippen molar-refractivity contribution in [3.8, 4) is 5.75 Å². The number of benzene rings is 3. The molecule has 1 amide bonds. The van der Waals surface area contributed by atoms with Gasteiger partial charge in [0.05, 0.1) is 5.92 Å². The number of phenols is 1. The first kappa shape index (κ1) is 20.8. The summed E-state index contributed by atoms with van der Waals surface area (Å²) in [6, 6.07) is 23.6. The topological polar surface area (TPSA) is 55.8 Å². The van der Waals surface area contributed by atoms with Crippen LogP contribution >= 0.6 is 0 Å². The number of piperazine rings is 1. The summed E-state index contributed by atoms with van der Waals surface area (Å²) in [6.45, 7) is 7.52. The number of nitrogens with one attached hydrogen (secondary N) is 1. The van der Waals surface area contributed by atoms with E-state index >= 15 is 0 Å². The van der Waals surface area contributed by atoms with Crippen molar-refractivity contribution < 1.29 is 9.90 Å². The maximum atomic E-state index is 12.7. The molecule has 31 heavy (non-hydrogen) atoms. The third-order valence-electron chi connectivity index (χ3n) is 5.90. The maximum Gasteiger partial charge on any atom is 0.231 e. The molecule has 5 nitrogen and oxygen atoms in total. The molecule has 1 atom stereocenters. The van der Waals surface area contributed by atoms with Crippen LogP contribution in [0.25, 0.3) is 0 Å². The molecule has 1 aliphatic heterocycles. The molecule has 0 spiro atoms. The third-order valence-corrected chi connectivity index (χ3v) is 5.90. The second-order valence-corrected chi connectivity index (χ2v) is 8.17. The number of para-hydroxylation sites is 1. The molecule has 2 N–H and O–H groups in total. The summed E-state index contributed by atoms with van der Waals surface area (Å²) in [5.74, 6) is -0.278. The fourth-order valence-electron chi connectivity index (χ4n) is 3.95. The quantitative estimate of drug-likeness (QED) is 0.630. The van der Waals surface area contributed by atoms with Crippen molar-refractivity contribution in [1.82, 2.24) is 0 Å². The van der Waals surface area contributed by atoms with Crippen molar-refractivity contribution in [2.45, 2.75) is 19.8 Å². The van der Waals surface area contributed by atoms with Crippen LogP contribution in [0.1, 0.15) is 24.0 Å². The Morgan fingerprint density at radius 1 is 0.871 bits per heavy atom. The Bertz CT molecular complexity index is 1030. The van der Waals surface area contributed by atoms with E-state index in [4.69, 9.17) is 0 Å². The number of aromatic hydroxyl groups is 1. The van der Waals surface area contributed by atoms with Gasteiger partial charge in [-0.05, 0) is 55.8 Å². The highest BCUT2D eigenvalue weighted by atomic mass is 16.3. The molecule has 0 aromatic heterocycles. The van der Waals surface area contributed by atoms with Gasteiger partial charge in [-0.25, -0.2) is 0 Å². The van der Waals surface area contributed by atoms with Gasteiger partial charge in [0.2, 0.25) is 5.91 Å². The molecule has 0 aliphatic carbocycles. The van der Waals surface area contributed by atoms with Crippen molar-refractivity contribution in [3.63, 3.8) is 0 Å². The van der Waals surface area contributed by atoms with Crippen LogP contribution in [-0.2, 0) is 4.79 Å². The van der Waals surface area contributed by atoms with Crippen molar-refractivity contribution in [1.29, 1.82) is 0 Å². The van der Waals surface area contributed by atoms with Crippen LogP contribution < -0.4 is 15.1 Å². The number of carbonyl (C=O) groups is 1. The van der Waals surface area contributed by atoms with Gasteiger partial charge in [0, 0.05) is 49.3 Å². The first-order chi connectivity index (χ1) is 15.0. The zero-order chi connectivity index (χ0) is 21.8. The first-order valence-electron chi connectivity index (χ1n) is 10.8. The Morgan fingerprint density at radius 3 is 2.13 bits per heavy atom. The summed E-state index contributed by atoms with van der Waals surface area (Å²) < 4.78 is 0. The van der Waals surface area contributed by atoms with Crippen LogP contribution in [0.3, 0.4) is 0 Å². The number of phenolic OH excluding ortho intramolecular Hbond substituents is 1. The normalized spacial score (nSPS) is 14.9. The SMILES string of the molecule is Cc1ccc(N2CCN(c3cc(O)cc(C(C)C(=O)Nc4ccccc4)c3)CC2)cc1. The molecule has 1 heterocycles. The highest BCUT2D eigenvalue weighted by Gasteiger charge is 2.21. The lowest BCUT2D eigenvalue weighted by molar-refractivity contribution is -0.117. The molecule has 0 radical (unpaired) electrons. The van der Waals surface area contributed by atoms with Gasteiger partial charge in [0.15, 0.2) is 0 Å². The molecule has 1 aliphatic rings. The van der Waals surface area contributed by atoms with E-state index in [0.717, 1.165) is 43.1 Å². The standard InChI is InChI=1S/C26H29N3O2/c1-19-8-10-23(11-9-19)28-12-14-29(15-13-28)24-16-21(17-25(30)18-24)20(2)26(31)27-22-6-4-3-5-7-22/h3-11,16-18,20,30H,12-15H2,1-2H3,(H,27,31). The molecular formula is C26H29N3O2. The van der Waals surface area contributed by atoms with Crippen LogP contribution in [0.2, 0.25) is 0 Å². The van der Waals surface area contributed by atoms with Gasteiger partial charge in [-0.15, -0.1) is 0 Å². The fourth-order valence-corrected chi connectivity index (χ4v) is 3.95. The molecule has 1 fully saturated rings. The van der Waals surface area contributed by atoms with Gasteiger partial charge in [-0.2, -0.15) is 0 Å². The first-order valence-corrected chi connectivity index (χ1v) is 10.8. The predicted molar refractivity (Wildman–Crippen MR) is 127 cm³/mol. The molecular weight excluding hydrogens is 386 g/mol. The Kier molecular flexibility index (Phi) is 6.12. The minimum Gasteiger partial charge on any atom is -0.508 e. The number of hydrogen-bond acceptors (Lipinski definition) is 4. The van der Waals surface area contributed by atoms with Gasteiger partial charge >= 0.3 is 0 Å². The van der Waals surface area contributed by atoms with Crippen molar-refractivity contribution in [2.24, 2.45) is 0 Å². The van der Waals surface area contributed by atoms with E-state index in [2.05, 4.69) is 46.3 Å². The summed E-state index contributed by atoms with van der Waals surface area (Å²) in [4.78, 5) is 17.4. The molecule has 0 bridgehead atoms. The Hall–Kier alpha value is -3.47. The van der Waals surface area contributed by atoms with Crippen LogP contribution in [0.5, 0.6) is 5.75 Å². The van der Waals surface area contributed by atoms with Gasteiger partial charge in [0.25, 0.3) is 0 Å². The molecule has 160 valence electrons. The number of amides is 1. The van der Waals surface area contributed by atoms with Crippen molar-refractivity contribution in [3.05, 3.63) is 83.9 Å². The summed E-state index contributed by atoms with van der Waals surface area (Å²) in [5, 5.41) is 13.3. The molecule has 3 aromatic rings. The van der Waals surface area contributed by atoms with E-state index in [1.165, 1.54) is 11.3 Å². The zero-order valence-corrected chi connectivity index (χ0v) is 18.1. The third kappa shape index (κ3) is 5.00. The van der Waals surface area contributed by atoms with Crippen LogP contribution in [-0.4, -0.2) is 37.2 Å². The van der Waals surface area contributed by atoms with Crippen LogP contribution in [0.4, 0.5) is 17.1 Å². The summed E-state index contributed by atoms with van der Waals surface area (Å²) in [5.41, 5.74) is 5.04. The smallest absolute Gasteiger partial charge is 0.231 e. The molecule has 5 heteroatoms. The van der Waals surface area contributed by atoms with E-state index in [1.54, 1.807) is 12.1 Å². The number of nitrogens with zero attached hydrogens (tertiary/aromatic N) is 2. The summed E-state index contributed by atoms with van der Waals surface area (Å²) >= 11 is 0. The minimum absolute atomic E-state index is 0.0908. The molecule has 4 rings (SSSR count). The molecule has 1 unspecified atom stereocenters. The van der Waals surface area contributed by atoms with E-state index in [1.807, 2.05) is 43.3 Å². The number of hydrogen-bond donors (Lipinski definition) is 2. The van der Waals surface area contributed by atoms with Gasteiger partial charge < -0.3 is 20.2 Å².